The number of hydrogen-bond donors (Lipinski definition) is 2. The van der Waals surface area contributed by atoms with Gasteiger partial charge in [0.05, 0.1) is 17.0 Å². The lowest BCUT2D eigenvalue weighted by atomic mass is 10.1. The standard InChI is InChI=1S/C18H22ClN3O3S/c1-4-25-18(24)14-13(15(17(23)21-2)26-16(14)20)10-22(3)9-11-6-5-7-12(19)8-11/h5-8H,4,9-10,20H2,1-3H3,(H,21,23). The van der Waals surface area contributed by atoms with Crippen molar-refractivity contribution in [1.82, 2.24) is 10.2 Å². The van der Waals surface area contributed by atoms with Crippen molar-refractivity contribution in [3.63, 3.8) is 0 Å². The van der Waals surface area contributed by atoms with Crippen LogP contribution in [0.15, 0.2) is 24.3 Å². The number of benzene rings is 1. The first-order valence-corrected chi connectivity index (χ1v) is 9.30. The summed E-state index contributed by atoms with van der Waals surface area (Å²) in [5.74, 6) is -0.786. The van der Waals surface area contributed by atoms with E-state index < -0.39 is 5.97 Å². The van der Waals surface area contributed by atoms with E-state index in [1.54, 1.807) is 14.0 Å². The van der Waals surface area contributed by atoms with Gasteiger partial charge in [-0.05, 0) is 31.7 Å². The highest BCUT2D eigenvalue weighted by Crippen LogP contribution is 2.33. The van der Waals surface area contributed by atoms with E-state index >= 15 is 0 Å². The lowest BCUT2D eigenvalue weighted by Crippen LogP contribution is -2.23. The van der Waals surface area contributed by atoms with Gasteiger partial charge < -0.3 is 15.8 Å². The van der Waals surface area contributed by atoms with Crippen molar-refractivity contribution < 1.29 is 14.3 Å². The number of carbonyl (C=O) groups is 2. The molecule has 0 saturated carbocycles. The molecule has 6 nitrogen and oxygen atoms in total. The minimum Gasteiger partial charge on any atom is -0.462 e. The Balaban J connectivity index is 2.32. The summed E-state index contributed by atoms with van der Waals surface area (Å²) in [5, 5.41) is 3.54. The number of carbonyl (C=O) groups excluding carboxylic acids is 2. The summed E-state index contributed by atoms with van der Waals surface area (Å²) in [5.41, 5.74) is 7.90. The minimum absolute atomic E-state index is 0.237. The zero-order valence-corrected chi connectivity index (χ0v) is 16.5. The molecule has 8 heteroatoms. The van der Waals surface area contributed by atoms with Crippen LogP contribution in [0.2, 0.25) is 5.02 Å². The fourth-order valence-corrected chi connectivity index (χ4v) is 3.86. The third kappa shape index (κ3) is 4.75. The molecule has 0 atom stereocenters. The van der Waals surface area contributed by atoms with Gasteiger partial charge in [-0.3, -0.25) is 9.69 Å². The maximum absolute atomic E-state index is 12.3. The molecule has 0 fully saturated rings. The molecule has 1 aromatic heterocycles. The number of amides is 1. The topological polar surface area (TPSA) is 84.7 Å². The van der Waals surface area contributed by atoms with Crippen molar-refractivity contribution in [3.05, 3.63) is 50.9 Å². The first-order chi connectivity index (χ1) is 12.4. The molecule has 0 spiro atoms. The van der Waals surface area contributed by atoms with Crippen LogP contribution in [0.1, 0.15) is 38.1 Å². The van der Waals surface area contributed by atoms with Crippen LogP contribution in [-0.2, 0) is 17.8 Å². The molecule has 26 heavy (non-hydrogen) atoms. The van der Waals surface area contributed by atoms with E-state index in [1.165, 1.54) is 0 Å². The molecule has 1 heterocycles. The summed E-state index contributed by atoms with van der Waals surface area (Å²) in [6, 6.07) is 7.55. The van der Waals surface area contributed by atoms with E-state index in [0.29, 0.717) is 28.6 Å². The van der Waals surface area contributed by atoms with Crippen LogP contribution in [0.5, 0.6) is 0 Å². The number of rotatable bonds is 7. The predicted molar refractivity (Wildman–Crippen MR) is 105 cm³/mol. The van der Waals surface area contributed by atoms with Crippen molar-refractivity contribution in [1.29, 1.82) is 0 Å². The van der Waals surface area contributed by atoms with Crippen molar-refractivity contribution >= 4 is 39.8 Å². The van der Waals surface area contributed by atoms with Gasteiger partial charge in [-0.15, -0.1) is 11.3 Å². The van der Waals surface area contributed by atoms with Crippen LogP contribution in [0.4, 0.5) is 5.00 Å². The number of ether oxygens (including phenoxy) is 1. The van der Waals surface area contributed by atoms with Gasteiger partial charge >= 0.3 is 5.97 Å². The molecule has 1 aromatic carbocycles. The van der Waals surface area contributed by atoms with Crippen LogP contribution in [0.3, 0.4) is 0 Å². The van der Waals surface area contributed by atoms with Crippen LogP contribution in [0, 0.1) is 0 Å². The predicted octanol–water partition coefficient (Wildman–Crippen LogP) is 3.15. The Morgan fingerprint density at radius 3 is 2.69 bits per heavy atom. The van der Waals surface area contributed by atoms with E-state index in [9.17, 15) is 9.59 Å². The first-order valence-electron chi connectivity index (χ1n) is 8.10. The smallest absolute Gasteiger partial charge is 0.341 e. The summed E-state index contributed by atoms with van der Waals surface area (Å²) in [6.45, 7) is 2.94. The highest BCUT2D eigenvalue weighted by molar-refractivity contribution is 7.18. The number of hydrogen-bond acceptors (Lipinski definition) is 6. The molecule has 0 aliphatic rings. The molecular formula is C18H22ClN3O3S. The molecular weight excluding hydrogens is 374 g/mol. The molecule has 0 saturated heterocycles. The van der Waals surface area contributed by atoms with Gasteiger partial charge in [0, 0.05) is 30.7 Å². The number of nitrogens with one attached hydrogen (secondary N) is 1. The summed E-state index contributed by atoms with van der Waals surface area (Å²) < 4.78 is 5.11. The average Bonchev–Trinajstić information content (AvgIpc) is 2.90. The third-order valence-electron chi connectivity index (χ3n) is 3.72. The maximum Gasteiger partial charge on any atom is 0.341 e. The summed E-state index contributed by atoms with van der Waals surface area (Å²) in [6.07, 6.45) is 0. The molecule has 0 unspecified atom stereocenters. The largest absolute Gasteiger partial charge is 0.462 e. The number of anilines is 1. The van der Waals surface area contributed by atoms with Crippen molar-refractivity contribution in [2.24, 2.45) is 0 Å². The van der Waals surface area contributed by atoms with Gasteiger partial charge in [-0.1, -0.05) is 23.7 Å². The maximum atomic E-state index is 12.3. The SMILES string of the molecule is CCOC(=O)c1c(N)sc(C(=O)NC)c1CN(C)Cc1cccc(Cl)c1. The quantitative estimate of drug-likeness (QED) is 0.703. The third-order valence-corrected chi connectivity index (χ3v) is 5.01. The van der Waals surface area contributed by atoms with E-state index in [0.717, 1.165) is 16.9 Å². The number of thiophene rings is 1. The lowest BCUT2D eigenvalue weighted by molar-refractivity contribution is 0.0526. The Labute approximate surface area is 161 Å². The van der Waals surface area contributed by atoms with Gasteiger partial charge in [0.2, 0.25) is 0 Å². The summed E-state index contributed by atoms with van der Waals surface area (Å²) >= 11 is 7.13. The number of nitrogen functional groups attached to an aromatic ring is 1. The van der Waals surface area contributed by atoms with Crippen LogP contribution in [0.25, 0.3) is 0 Å². The molecule has 0 aliphatic carbocycles. The molecule has 0 bridgehead atoms. The lowest BCUT2D eigenvalue weighted by Gasteiger charge is -2.18. The molecule has 3 N–H and O–H groups in total. The summed E-state index contributed by atoms with van der Waals surface area (Å²) in [7, 11) is 3.44. The first kappa shape index (κ1) is 20.2. The fraction of sp³-hybridized carbons (Fsp3) is 0.333. The van der Waals surface area contributed by atoms with Crippen molar-refractivity contribution in [2.75, 3.05) is 26.4 Å². The number of nitrogens with zero attached hydrogens (tertiary/aromatic N) is 1. The van der Waals surface area contributed by atoms with E-state index in [4.69, 9.17) is 22.1 Å². The molecule has 2 aromatic rings. The Hall–Kier alpha value is -2.09. The van der Waals surface area contributed by atoms with Crippen LogP contribution in [-0.4, -0.2) is 37.5 Å². The molecule has 0 aliphatic heterocycles. The fourth-order valence-electron chi connectivity index (χ4n) is 2.63. The minimum atomic E-state index is -0.512. The second kappa shape index (κ2) is 9.02. The second-order valence-corrected chi connectivity index (χ2v) is 7.24. The zero-order chi connectivity index (χ0) is 19.3. The Morgan fingerprint density at radius 2 is 2.08 bits per heavy atom. The molecule has 2 rings (SSSR count). The monoisotopic (exact) mass is 395 g/mol. The van der Waals surface area contributed by atoms with Crippen molar-refractivity contribution in [2.45, 2.75) is 20.0 Å². The van der Waals surface area contributed by atoms with Crippen LogP contribution >= 0.6 is 22.9 Å². The second-order valence-electron chi connectivity index (χ2n) is 5.75. The highest BCUT2D eigenvalue weighted by atomic mass is 35.5. The van der Waals surface area contributed by atoms with E-state index in [1.807, 2.05) is 36.2 Å². The van der Waals surface area contributed by atoms with Crippen LogP contribution < -0.4 is 11.1 Å². The Bertz CT molecular complexity index is 807. The highest BCUT2D eigenvalue weighted by Gasteiger charge is 2.27. The normalized spacial score (nSPS) is 10.8. The van der Waals surface area contributed by atoms with Gasteiger partial charge in [-0.25, -0.2) is 4.79 Å². The Kier molecular flexibility index (Phi) is 7.02. The average molecular weight is 396 g/mol. The number of esters is 1. The Morgan fingerprint density at radius 1 is 1.35 bits per heavy atom. The van der Waals surface area contributed by atoms with E-state index in [2.05, 4.69) is 5.32 Å². The zero-order valence-electron chi connectivity index (χ0n) is 15.0. The molecule has 140 valence electrons. The van der Waals surface area contributed by atoms with Gasteiger partial charge in [-0.2, -0.15) is 0 Å². The molecule has 1 amide bonds. The van der Waals surface area contributed by atoms with Crippen molar-refractivity contribution in [3.8, 4) is 0 Å². The molecule has 0 radical (unpaired) electrons. The summed E-state index contributed by atoms with van der Waals surface area (Å²) in [4.78, 5) is 27.0. The van der Waals surface area contributed by atoms with E-state index in [-0.39, 0.29) is 23.1 Å². The number of halogens is 1. The van der Waals surface area contributed by atoms with Gasteiger partial charge in [0.25, 0.3) is 5.91 Å². The van der Waals surface area contributed by atoms with Gasteiger partial charge in [0.15, 0.2) is 0 Å². The van der Waals surface area contributed by atoms with Gasteiger partial charge in [0.1, 0.15) is 5.00 Å². The number of nitrogens with two attached hydrogens (primary N) is 1.